The van der Waals surface area contributed by atoms with E-state index in [2.05, 4.69) is 0 Å². The predicted octanol–water partition coefficient (Wildman–Crippen LogP) is 5.36. The van der Waals surface area contributed by atoms with Crippen LogP contribution in [0.25, 0.3) is 0 Å². The molecule has 1 aliphatic carbocycles. The zero-order valence-electron chi connectivity index (χ0n) is 17.1. The van der Waals surface area contributed by atoms with Gasteiger partial charge in [0.1, 0.15) is 0 Å². The standard InChI is InChI=1S/C22H26Cl2N2O3S/c1-25(18-7-4-3-5-8-18)22(27)17-13-11-16(12-14-17)15-26(30(2,28)29)20-10-6-9-19(23)21(20)24/h6,9-14,18H,3-5,7-8,15H2,1-2H3. The molecular weight excluding hydrogens is 443 g/mol. The minimum absolute atomic E-state index is 0.00805. The van der Waals surface area contributed by atoms with Gasteiger partial charge in [0.15, 0.2) is 0 Å². The van der Waals surface area contributed by atoms with Gasteiger partial charge in [-0.15, -0.1) is 0 Å². The number of nitrogens with zero attached hydrogens (tertiary/aromatic N) is 2. The Morgan fingerprint density at radius 3 is 2.27 bits per heavy atom. The van der Waals surface area contributed by atoms with Gasteiger partial charge in [-0.05, 0) is 42.7 Å². The number of amides is 1. The van der Waals surface area contributed by atoms with Gasteiger partial charge in [0.2, 0.25) is 10.0 Å². The lowest BCUT2D eigenvalue weighted by atomic mass is 9.94. The van der Waals surface area contributed by atoms with Gasteiger partial charge in [-0.3, -0.25) is 9.10 Å². The third kappa shape index (κ3) is 5.29. The van der Waals surface area contributed by atoms with Crippen molar-refractivity contribution in [2.75, 3.05) is 17.6 Å². The van der Waals surface area contributed by atoms with E-state index in [1.165, 1.54) is 10.7 Å². The summed E-state index contributed by atoms with van der Waals surface area (Å²) < 4.78 is 26.0. The lowest BCUT2D eigenvalue weighted by molar-refractivity contribution is 0.0696. The molecule has 0 heterocycles. The number of anilines is 1. The number of hydrogen-bond acceptors (Lipinski definition) is 3. The highest BCUT2D eigenvalue weighted by atomic mass is 35.5. The van der Waals surface area contributed by atoms with Crippen molar-refractivity contribution >= 4 is 44.8 Å². The Kier molecular flexibility index (Phi) is 7.32. The summed E-state index contributed by atoms with van der Waals surface area (Å²) in [6.45, 7) is 0.0891. The van der Waals surface area contributed by atoms with E-state index in [1.54, 1.807) is 42.5 Å². The first-order chi connectivity index (χ1) is 14.2. The van der Waals surface area contributed by atoms with E-state index in [4.69, 9.17) is 23.2 Å². The summed E-state index contributed by atoms with van der Waals surface area (Å²) >= 11 is 12.3. The van der Waals surface area contributed by atoms with E-state index >= 15 is 0 Å². The molecule has 5 nitrogen and oxygen atoms in total. The highest BCUT2D eigenvalue weighted by molar-refractivity contribution is 7.92. The van der Waals surface area contributed by atoms with Crippen molar-refractivity contribution in [2.24, 2.45) is 0 Å². The van der Waals surface area contributed by atoms with Crippen molar-refractivity contribution in [1.29, 1.82) is 0 Å². The molecule has 0 spiro atoms. The van der Waals surface area contributed by atoms with Gasteiger partial charge in [0.05, 0.1) is 28.5 Å². The average molecular weight is 469 g/mol. The molecule has 0 N–H and O–H groups in total. The smallest absolute Gasteiger partial charge is 0.253 e. The first-order valence-corrected chi connectivity index (χ1v) is 12.6. The Morgan fingerprint density at radius 1 is 1.03 bits per heavy atom. The molecule has 0 bridgehead atoms. The fourth-order valence-electron chi connectivity index (χ4n) is 3.82. The van der Waals surface area contributed by atoms with E-state index in [1.807, 2.05) is 11.9 Å². The molecule has 2 aromatic rings. The van der Waals surface area contributed by atoms with Crippen LogP contribution in [0.15, 0.2) is 42.5 Å². The van der Waals surface area contributed by atoms with E-state index in [9.17, 15) is 13.2 Å². The number of carbonyl (C=O) groups is 1. The summed E-state index contributed by atoms with van der Waals surface area (Å²) in [6, 6.07) is 12.2. The zero-order chi connectivity index (χ0) is 21.9. The van der Waals surface area contributed by atoms with Crippen LogP contribution in [-0.2, 0) is 16.6 Å². The summed E-state index contributed by atoms with van der Waals surface area (Å²) in [6.07, 6.45) is 6.78. The summed E-state index contributed by atoms with van der Waals surface area (Å²) in [7, 11) is -1.73. The van der Waals surface area contributed by atoms with Crippen LogP contribution in [-0.4, -0.2) is 38.6 Å². The van der Waals surface area contributed by atoms with Crippen LogP contribution in [0.3, 0.4) is 0 Å². The molecule has 1 aliphatic rings. The number of hydrogen-bond donors (Lipinski definition) is 0. The lowest BCUT2D eigenvalue weighted by Crippen LogP contribution is -2.38. The van der Waals surface area contributed by atoms with Crippen LogP contribution in [0.2, 0.25) is 10.0 Å². The Morgan fingerprint density at radius 2 is 1.67 bits per heavy atom. The summed E-state index contributed by atoms with van der Waals surface area (Å²) in [5.41, 5.74) is 1.66. The molecule has 0 radical (unpaired) electrons. The van der Waals surface area contributed by atoms with Gasteiger partial charge < -0.3 is 4.90 Å². The first-order valence-electron chi connectivity index (χ1n) is 9.96. The van der Waals surface area contributed by atoms with Gasteiger partial charge in [0.25, 0.3) is 5.91 Å². The summed E-state index contributed by atoms with van der Waals surface area (Å²) in [4.78, 5) is 14.7. The minimum atomic E-state index is -3.59. The van der Waals surface area contributed by atoms with Crippen LogP contribution in [0.4, 0.5) is 5.69 Å². The van der Waals surface area contributed by atoms with Crippen LogP contribution in [0, 0.1) is 0 Å². The highest BCUT2D eigenvalue weighted by Gasteiger charge is 2.24. The third-order valence-corrected chi connectivity index (χ3v) is 7.51. The van der Waals surface area contributed by atoms with E-state index < -0.39 is 10.0 Å². The Labute approximate surface area is 188 Å². The molecule has 0 atom stereocenters. The molecule has 0 aromatic heterocycles. The first kappa shape index (κ1) is 22.9. The molecule has 1 amide bonds. The maximum absolute atomic E-state index is 12.8. The van der Waals surface area contributed by atoms with Crippen LogP contribution in [0.5, 0.6) is 0 Å². The van der Waals surface area contributed by atoms with Crippen molar-refractivity contribution in [3.05, 3.63) is 63.6 Å². The maximum Gasteiger partial charge on any atom is 0.253 e. The molecule has 3 rings (SSSR count). The van der Waals surface area contributed by atoms with E-state index in [0.717, 1.165) is 37.5 Å². The molecule has 162 valence electrons. The normalized spacial score (nSPS) is 15.1. The Bertz CT molecular complexity index is 1000. The van der Waals surface area contributed by atoms with Gasteiger partial charge in [-0.1, -0.05) is 60.7 Å². The maximum atomic E-state index is 12.8. The third-order valence-electron chi connectivity index (χ3n) is 5.57. The van der Waals surface area contributed by atoms with Gasteiger partial charge >= 0.3 is 0 Å². The number of halogens is 2. The van der Waals surface area contributed by atoms with Crippen molar-refractivity contribution in [2.45, 2.75) is 44.7 Å². The fraction of sp³-hybridized carbons (Fsp3) is 0.409. The fourth-order valence-corrected chi connectivity index (χ4v) is 5.16. The van der Waals surface area contributed by atoms with Crippen LogP contribution in [0.1, 0.15) is 48.0 Å². The van der Waals surface area contributed by atoms with Crippen LogP contribution >= 0.6 is 23.2 Å². The van der Waals surface area contributed by atoms with Gasteiger partial charge in [0, 0.05) is 18.7 Å². The van der Waals surface area contributed by atoms with Gasteiger partial charge in [-0.2, -0.15) is 0 Å². The molecule has 0 aliphatic heterocycles. The molecule has 1 fully saturated rings. The second-order valence-electron chi connectivity index (χ2n) is 7.75. The molecule has 1 saturated carbocycles. The lowest BCUT2D eigenvalue weighted by Gasteiger charge is -2.31. The summed E-state index contributed by atoms with van der Waals surface area (Å²) in [5, 5.41) is 0.472. The topological polar surface area (TPSA) is 57.7 Å². The number of rotatable bonds is 6. The number of benzene rings is 2. The monoisotopic (exact) mass is 468 g/mol. The second kappa shape index (κ2) is 9.58. The predicted molar refractivity (Wildman–Crippen MR) is 123 cm³/mol. The van der Waals surface area contributed by atoms with E-state index in [0.29, 0.717) is 11.3 Å². The second-order valence-corrected chi connectivity index (χ2v) is 10.4. The summed E-state index contributed by atoms with van der Waals surface area (Å²) in [5.74, 6) is -0.00805. The quantitative estimate of drug-likeness (QED) is 0.572. The zero-order valence-corrected chi connectivity index (χ0v) is 19.5. The van der Waals surface area contributed by atoms with Crippen molar-refractivity contribution in [3.8, 4) is 0 Å². The van der Waals surface area contributed by atoms with Crippen molar-refractivity contribution in [1.82, 2.24) is 4.90 Å². The van der Waals surface area contributed by atoms with E-state index in [-0.39, 0.29) is 28.5 Å². The van der Waals surface area contributed by atoms with Crippen LogP contribution < -0.4 is 4.31 Å². The molecule has 0 saturated heterocycles. The number of sulfonamides is 1. The molecular formula is C22H26Cl2N2O3S. The highest BCUT2D eigenvalue weighted by Crippen LogP contribution is 2.34. The SMILES string of the molecule is CN(C(=O)c1ccc(CN(c2cccc(Cl)c2Cl)S(C)(=O)=O)cc1)C1CCCCC1. The molecule has 0 unspecified atom stereocenters. The van der Waals surface area contributed by atoms with Crippen molar-refractivity contribution < 1.29 is 13.2 Å². The van der Waals surface area contributed by atoms with Crippen molar-refractivity contribution in [3.63, 3.8) is 0 Å². The largest absolute Gasteiger partial charge is 0.339 e. The molecule has 8 heteroatoms. The Balaban J connectivity index is 1.79. The molecule has 30 heavy (non-hydrogen) atoms. The Hall–Kier alpha value is -1.76. The molecule has 2 aromatic carbocycles. The van der Waals surface area contributed by atoms with Gasteiger partial charge in [-0.25, -0.2) is 8.42 Å². The number of carbonyl (C=O) groups excluding carboxylic acids is 1. The average Bonchev–Trinajstić information content (AvgIpc) is 2.73. The minimum Gasteiger partial charge on any atom is -0.339 e.